The quantitative estimate of drug-likeness (QED) is 0.664. The van der Waals surface area contributed by atoms with Gasteiger partial charge in [-0.1, -0.05) is 26.0 Å². The van der Waals surface area contributed by atoms with Gasteiger partial charge in [0.15, 0.2) is 8.32 Å². The topological polar surface area (TPSA) is 46.5 Å². The van der Waals surface area contributed by atoms with Crippen molar-refractivity contribution in [1.82, 2.24) is 0 Å². The number of benzene rings is 1. The molecule has 0 aliphatic heterocycles. The predicted octanol–water partition coefficient (Wildman–Crippen LogP) is 3.38. The van der Waals surface area contributed by atoms with Gasteiger partial charge in [0.05, 0.1) is 12.7 Å². The van der Waals surface area contributed by atoms with E-state index in [-0.39, 0.29) is 11.0 Å². The molecule has 0 heterocycles. The first-order valence-electron chi connectivity index (χ1n) is 6.57. The molecule has 0 radical (unpaired) electrons. The third kappa shape index (κ3) is 4.18. The minimum atomic E-state index is -2.15. The van der Waals surface area contributed by atoms with E-state index in [9.17, 15) is 9.59 Å². The van der Waals surface area contributed by atoms with Crippen LogP contribution in [0.5, 0.6) is 0 Å². The van der Waals surface area contributed by atoms with Crippen molar-refractivity contribution >= 4 is 14.3 Å². The van der Waals surface area contributed by atoms with E-state index in [0.717, 1.165) is 12.8 Å². The normalized spacial score (nSPS) is 12.3. The number of carbonyl (C=O) groups is 1. The molecule has 3 nitrogen and oxygen atoms in total. The molecule has 0 atom stereocenters. The van der Waals surface area contributed by atoms with Crippen LogP contribution in [0.2, 0.25) is 18.1 Å². The van der Waals surface area contributed by atoms with Crippen LogP contribution in [0.3, 0.4) is 0 Å². The van der Waals surface area contributed by atoms with E-state index in [4.69, 9.17) is 0 Å². The lowest BCUT2D eigenvalue weighted by molar-refractivity contribution is 0.0600. The van der Waals surface area contributed by atoms with Gasteiger partial charge in [-0.3, -0.25) is 0 Å². The van der Waals surface area contributed by atoms with E-state index in [0.29, 0.717) is 5.56 Å². The van der Waals surface area contributed by atoms with Gasteiger partial charge in [-0.15, -0.1) is 0 Å². The fraction of sp³-hybridized carbons (Fsp3) is 0.533. The third-order valence-corrected chi connectivity index (χ3v) is 7.63. The number of esters is 1. The van der Waals surface area contributed by atoms with Crippen LogP contribution in [0.25, 0.3) is 0 Å². The Kier molecular flexibility index (Phi) is 4.93. The van der Waals surface area contributed by atoms with Gasteiger partial charge in [0, 0.05) is 0 Å². The van der Waals surface area contributed by atoms with Crippen molar-refractivity contribution in [3.8, 4) is 0 Å². The summed E-state index contributed by atoms with van der Waals surface area (Å²) in [7, 11) is -0.766. The molecule has 0 fully saturated rings. The highest BCUT2D eigenvalue weighted by atomic mass is 28.4. The highest BCUT2D eigenvalue weighted by molar-refractivity contribution is 6.72. The Morgan fingerprint density at radius 3 is 2.21 bits per heavy atom. The summed E-state index contributed by atoms with van der Waals surface area (Å²) in [5, 5.41) is -0.0198. The molecular weight excluding hydrogens is 256 g/mol. The molecule has 1 aromatic carbocycles. The minimum Gasteiger partial charge on any atom is -0.465 e. The summed E-state index contributed by atoms with van der Waals surface area (Å²) in [6.45, 7) is 8.21. The lowest BCUT2D eigenvalue weighted by Gasteiger charge is -2.35. The second-order valence-electron chi connectivity index (χ2n) is 6.13. The molecular formula is C15H24O3Si. The van der Waals surface area contributed by atoms with Crippen LogP contribution in [0.15, 0.2) is 24.3 Å². The highest BCUT2D eigenvalue weighted by Gasteiger charge is 2.37. The number of rotatable bonds is 5. The molecule has 0 saturated heterocycles. The first-order chi connectivity index (χ1) is 8.67. The van der Waals surface area contributed by atoms with Crippen molar-refractivity contribution in [3.05, 3.63) is 35.4 Å². The maximum absolute atomic E-state index is 11.3. The fourth-order valence-electron chi connectivity index (χ4n) is 1.69. The van der Waals surface area contributed by atoms with Crippen molar-refractivity contribution in [2.24, 2.45) is 0 Å². The fourth-order valence-corrected chi connectivity index (χ4v) is 2.42. The molecule has 0 aromatic heterocycles. The van der Waals surface area contributed by atoms with Gasteiger partial charge in [-0.2, -0.15) is 0 Å². The molecule has 0 saturated carbocycles. The van der Waals surface area contributed by atoms with Gasteiger partial charge in [0.25, 0.3) is 0 Å². The van der Waals surface area contributed by atoms with Gasteiger partial charge in [-0.25, -0.2) is 4.79 Å². The first-order valence-corrected chi connectivity index (χ1v) is 9.52. The Balaban J connectivity index is 2.67. The number of hydrogen-bond donors (Lipinski definition) is 1. The predicted molar refractivity (Wildman–Crippen MR) is 79.8 cm³/mol. The van der Waals surface area contributed by atoms with Crippen LogP contribution in [-0.4, -0.2) is 26.2 Å². The molecule has 19 heavy (non-hydrogen) atoms. The van der Waals surface area contributed by atoms with Crippen LogP contribution in [0.1, 0.15) is 36.2 Å². The van der Waals surface area contributed by atoms with Gasteiger partial charge < -0.3 is 9.53 Å². The minimum absolute atomic E-state index is 0.0198. The zero-order valence-corrected chi connectivity index (χ0v) is 13.5. The lowest BCUT2D eigenvalue weighted by Crippen LogP contribution is -2.39. The van der Waals surface area contributed by atoms with Crippen molar-refractivity contribution in [2.45, 2.75) is 44.8 Å². The van der Waals surface area contributed by atoms with Gasteiger partial charge in [-0.05, 0) is 48.7 Å². The highest BCUT2D eigenvalue weighted by Crippen LogP contribution is 2.39. The molecule has 0 spiro atoms. The largest absolute Gasteiger partial charge is 0.465 e. The Morgan fingerprint density at radius 1 is 1.26 bits per heavy atom. The molecule has 0 aliphatic rings. The van der Waals surface area contributed by atoms with E-state index in [2.05, 4.69) is 18.6 Å². The van der Waals surface area contributed by atoms with Crippen molar-refractivity contribution in [3.63, 3.8) is 0 Å². The molecule has 0 aliphatic carbocycles. The SMILES string of the molecule is COC(=O)c1ccc(CCC(C)(C)[Si](C)(C)O)cc1. The zero-order chi connectivity index (χ0) is 14.7. The molecule has 106 valence electrons. The van der Waals surface area contributed by atoms with Crippen LogP contribution in [-0.2, 0) is 11.2 Å². The average molecular weight is 280 g/mol. The van der Waals surface area contributed by atoms with Crippen LogP contribution < -0.4 is 0 Å². The Hall–Kier alpha value is -1.13. The van der Waals surface area contributed by atoms with Crippen molar-refractivity contribution < 1.29 is 14.3 Å². The molecule has 1 N–H and O–H groups in total. The van der Waals surface area contributed by atoms with E-state index >= 15 is 0 Å². The molecule has 0 unspecified atom stereocenters. The summed E-state index contributed by atoms with van der Waals surface area (Å²) >= 11 is 0. The monoisotopic (exact) mass is 280 g/mol. The maximum atomic E-state index is 11.3. The maximum Gasteiger partial charge on any atom is 0.337 e. The molecule has 4 heteroatoms. The van der Waals surface area contributed by atoms with E-state index in [1.54, 1.807) is 12.1 Å². The molecule has 0 amide bonds. The first kappa shape index (κ1) is 15.9. The van der Waals surface area contributed by atoms with Gasteiger partial charge in [0.1, 0.15) is 0 Å². The second-order valence-corrected chi connectivity index (χ2v) is 10.6. The van der Waals surface area contributed by atoms with E-state index in [1.165, 1.54) is 12.7 Å². The number of carbonyl (C=O) groups excluding carboxylic acids is 1. The number of ether oxygens (including phenoxy) is 1. The summed E-state index contributed by atoms with van der Waals surface area (Å²) in [4.78, 5) is 21.6. The standard InChI is InChI=1S/C15H24O3Si/c1-15(2,19(4,5)17)11-10-12-6-8-13(9-7-12)14(16)18-3/h6-9,17H,10-11H2,1-5H3. The second kappa shape index (κ2) is 5.88. The Labute approximate surface area is 116 Å². The van der Waals surface area contributed by atoms with E-state index in [1.807, 2.05) is 25.2 Å². The van der Waals surface area contributed by atoms with Crippen LogP contribution >= 0.6 is 0 Å². The summed E-state index contributed by atoms with van der Waals surface area (Å²) in [5.41, 5.74) is 1.75. The molecule has 0 bridgehead atoms. The molecule has 1 rings (SSSR count). The van der Waals surface area contributed by atoms with Gasteiger partial charge in [0.2, 0.25) is 0 Å². The zero-order valence-electron chi connectivity index (χ0n) is 12.5. The molecule has 1 aromatic rings. The van der Waals surface area contributed by atoms with Crippen molar-refractivity contribution in [2.75, 3.05) is 7.11 Å². The van der Waals surface area contributed by atoms with Crippen LogP contribution in [0, 0.1) is 0 Å². The van der Waals surface area contributed by atoms with E-state index < -0.39 is 8.32 Å². The summed E-state index contributed by atoms with van der Waals surface area (Å²) < 4.78 is 4.67. The van der Waals surface area contributed by atoms with Crippen LogP contribution in [0.4, 0.5) is 0 Å². The number of methoxy groups -OCH3 is 1. The third-order valence-electron chi connectivity index (χ3n) is 4.07. The summed E-state index contributed by atoms with van der Waals surface area (Å²) in [6, 6.07) is 7.48. The number of hydrogen-bond acceptors (Lipinski definition) is 3. The Bertz CT molecular complexity index is 430. The lowest BCUT2D eigenvalue weighted by atomic mass is 10.0. The average Bonchev–Trinajstić information content (AvgIpc) is 2.35. The van der Waals surface area contributed by atoms with Gasteiger partial charge >= 0.3 is 5.97 Å². The smallest absolute Gasteiger partial charge is 0.337 e. The summed E-state index contributed by atoms with van der Waals surface area (Å²) in [5.74, 6) is -0.309. The number of aryl methyl sites for hydroxylation is 1. The van der Waals surface area contributed by atoms with Crippen molar-refractivity contribution in [1.29, 1.82) is 0 Å². The Morgan fingerprint density at radius 2 is 1.79 bits per heavy atom. The summed E-state index contributed by atoms with van der Waals surface area (Å²) in [6.07, 6.45) is 1.85.